The highest BCUT2D eigenvalue weighted by atomic mass is 16.3. The van der Waals surface area contributed by atoms with E-state index in [1.165, 1.54) is 32.1 Å². The molecule has 3 unspecified atom stereocenters. The molecule has 0 aromatic rings. The van der Waals surface area contributed by atoms with Gasteiger partial charge in [-0.25, -0.2) is 0 Å². The summed E-state index contributed by atoms with van der Waals surface area (Å²) in [4.78, 5) is 4.73. The minimum atomic E-state index is -0.148. The first-order chi connectivity index (χ1) is 8.15. The highest BCUT2D eigenvalue weighted by Crippen LogP contribution is 2.29. The molecule has 0 heterocycles. The van der Waals surface area contributed by atoms with E-state index in [-0.39, 0.29) is 6.10 Å². The summed E-state index contributed by atoms with van der Waals surface area (Å²) >= 11 is 0. The van der Waals surface area contributed by atoms with Gasteiger partial charge in [-0.2, -0.15) is 0 Å². The van der Waals surface area contributed by atoms with Gasteiger partial charge in [-0.3, -0.25) is 4.99 Å². The van der Waals surface area contributed by atoms with Crippen LogP contribution in [0.3, 0.4) is 0 Å². The number of hydrogen-bond acceptors (Lipinski definition) is 2. The predicted molar refractivity (Wildman–Crippen MR) is 72.4 cm³/mol. The molecule has 0 amide bonds. The van der Waals surface area contributed by atoms with Gasteiger partial charge in [0.25, 0.3) is 0 Å². The van der Waals surface area contributed by atoms with Crippen LogP contribution in [0.25, 0.3) is 0 Å². The zero-order valence-corrected chi connectivity index (χ0v) is 11.3. The van der Waals surface area contributed by atoms with Crippen molar-refractivity contribution in [2.75, 3.05) is 0 Å². The summed E-state index contributed by atoms with van der Waals surface area (Å²) in [7, 11) is 0. The van der Waals surface area contributed by atoms with E-state index >= 15 is 0 Å². The molecule has 0 aliphatic heterocycles. The number of aliphatic hydroxyl groups excluding tert-OH is 1. The Hall–Kier alpha value is -0.370. The molecule has 2 nitrogen and oxygen atoms in total. The van der Waals surface area contributed by atoms with Gasteiger partial charge in [0.05, 0.1) is 6.10 Å². The van der Waals surface area contributed by atoms with Gasteiger partial charge in [0.1, 0.15) is 0 Å². The minimum Gasteiger partial charge on any atom is -0.392 e. The first-order valence-electron chi connectivity index (χ1n) is 7.36. The Morgan fingerprint density at radius 3 is 2.24 bits per heavy atom. The molecule has 2 heteroatoms. The normalized spacial score (nSPS) is 44.1. The number of aliphatic hydroxyl groups is 1. The zero-order chi connectivity index (χ0) is 12.3. The average Bonchev–Trinajstić information content (AvgIpc) is 2.30. The van der Waals surface area contributed by atoms with Crippen molar-refractivity contribution in [1.82, 2.24) is 0 Å². The Bertz CT molecular complexity index is 256. The summed E-state index contributed by atoms with van der Waals surface area (Å²) in [5.74, 6) is 1.90. The lowest BCUT2D eigenvalue weighted by molar-refractivity contribution is 0.0802. The summed E-state index contributed by atoms with van der Waals surface area (Å²) in [6.45, 7) is 4.57. The molecule has 3 atom stereocenters. The summed E-state index contributed by atoms with van der Waals surface area (Å²) < 4.78 is 0. The standard InChI is InChI=1S/C15H27NO/c1-11-4-7-14(8-5-11)16-10-13-6-3-12(2)9-15(13)17/h10-15,17H,3-9H2,1-2H3. The summed E-state index contributed by atoms with van der Waals surface area (Å²) in [6.07, 6.45) is 10.4. The Balaban J connectivity index is 1.79. The van der Waals surface area contributed by atoms with Crippen LogP contribution in [0.5, 0.6) is 0 Å². The van der Waals surface area contributed by atoms with Gasteiger partial charge in [0.2, 0.25) is 0 Å². The maximum absolute atomic E-state index is 10.0. The molecule has 2 aliphatic carbocycles. The van der Waals surface area contributed by atoms with Crippen molar-refractivity contribution in [1.29, 1.82) is 0 Å². The molecule has 0 saturated heterocycles. The molecule has 1 N–H and O–H groups in total. The van der Waals surface area contributed by atoms with Crippen LogP contribution in [0.4, 0.5) is 0 Å². The van der Waals surface area contributed by atoms with E-state index in [0.29, 0.717) is 17.9 Å². The van der Waals surface area contributed by atoms with Crippen molar-refractivity contribution in [3.05, 3.63) is 0 Å². The third-order valence-electron chi connectivity index (χ3n) is 4.60. The minimum absolute atomic E-state index is 0.148. The van der Waals surface area contributed by atoms with Crippen LogP contribution in [0, 0.1) is 17.8 Å². The van der Waals surface area contributed by atoms with Crippen LogP contribution in [0.1, 0.15) is 58.8 Å². The van der Waals surface area contributed by atoms with E-state index in [1.54, 1.807) is 0 Å². The Morgan fingerprint density at radius 1 is 0.941 bits per heavy atom. The second-order valence-electron chi connectivity index (χ2n) is 6.36. The Morgan fingerprint density at radius 2 is 1.59 bits per heavy atom. The third kappa shape index (κ3) is 3.80. The molecule has 0 radical (unpaired) electrons. The van der Waals surface area contributed by atoms with Gasteiger partial charge in [-0.15, -0.1) is 0 Å². The number of nitrogens with zero attached hydrogens (tertiary/aromatic N) is 1. The van der Waals surface area contributed by atoms with E-state index in [9.17, 15) is 5.11 Å². The van der Waals surface area contributed by atoms with Crippen molar-refractivity contribution in [3.8, 4) is 0 Å². The van der Waals surface area contributed by atoms with Crippen molar-refractivity contribution in [3.63, 3.8) is 0 Å². The fraction of sp³-hybridized carbons (Fsp3) is 0.933. The van der Waals surface area contributed by atoms with Crippen molar-refractivity contribution in [2.24, 2.45) is 22.7 Å². The predicted octanol–water partition coefficient (Wildman–Crippen LogP) is 3.43. The molecule has 17 heavy (non-hydrogen) atoms. The maximum atomic E-state index is 10.0. The molecule has 0 bridgehead atoms. The second kappa shape index (κ2) is 5.99. The van der Waals surface area contributed by atoms with Crippen molar-refractivity contribution in [2.45, 2.75) is 70.9 Å². The number of aliphatic imine (C=N–C) groups is 1. The molecule has 0 aromatic heterocycles. The molecule has 2 rings (SSSR count). The SMILES string of the molecule is CC1CCC(N=CC2CCC(C)CC2O)CC1. The molecule has 2 fully saturated rings. The first kappa shape index (κ1) is 13.1. The maximum Gasteiger partial charge on any atom is 0.0620 e. The van der Waals surface area contributed by atoms with Crippen LogP contribution in [-0.2, 0) is 0 Å². The fourth-order valence-electron chi connectivity index (χ4n) is 3.17. The monoisotopic (exact) mass is 237 g/mol. The Kier molecular flexibility index (Phi) is 4.61. The van der Waals surface area contributed by atoms with Gasteiger partial charge >= 0.3 is 0 Å². The number of rotatable bonds is 2. The van der Waals surface area contributed by atoms with Crippen LogP contribution in [0.15, 0.2) is 4.99 Å². The lowest BCUT2D eigenvalue weighted by atomic mass is 9.81. The van der Waals surface area contributed by atoms with E-state index in [0.717, 1.165) is 18.8 Å². The molecule has 2 aliphatic rings. The van der Waals surface area contributed by atoms with Gasteiger partial charge < -0.3 is 5.11 Å². The van der Waals surface area contributed by atoms with Gasteiger partial charge in [-0.1, -0.05) is 13.8 Å². The fourth-order valence-corrected chi connectivity index (χ4v) is 3.17. The van der Waals surface area contributed by atoms with Crippen LogP contribution < -0.4 is 0 Å². The van der Waals surface area contributed by atoms with Gasteiger partial charge in [0, 0.05) is 18.2 Å². The molecule has 98 valence electrons. The van der Waals surface area contributed by atoms with E-state index in [2.05, 4.69) is 20.1 Å². The summed E-state index contributed by atoms with van der Waals surface area (Å²) in [5, 5.41) is 10.0. The highest BCUT2D eigenvalue weighted by molar-refractivity contribution is 5.62. The van der Waals surface area contributed by atoms with Crippen LogP contribution >= 0.6 is 0 Å². The Labute approximate surface area is 106 Å². The number of hydrogen-bond donors (Lipinski definition) is 1. The summed E-state index contributed by atoms with van der Waals surface area (Å²) in [5.41, 5.74) is 0. The van der Waals surface area contributed by atoms with E-state index < -0.39 is 0 Å². The van der Waals surface area contributed by atoms with Gasteiger partial charge in [-0.05, 0) is 56.8 Å². The lowest BCUT2D eigenvalue weighted by Crippen LogP contribution is -2.30. The van der Waals surface area contributed by atoms with Gasteiger partial charge in [0.15, 0.2) is 0 Å². The average molecular weight is 237 g/mol. The lowest BCUT2D eigenvalue weighted by Gasteiger charge is -2.29. The van der Waals surface area contributed by atoms with E-state index in [4.69, 9.17) is 4.99 Å². The molecular weight excluding hydrogens is 210 g/mol. The molecular formula is C15H27NO. The smallest absolute Gasteiger partial charge is 0.0620 e. The summed E-state index contributed by atoms with van der Waals surface area (Å²) in [6, 6.07) is 0.540. The first-order valence-corrected chi connectivity index (χ1v) is 7.36. The van der Waals surface area contributed by atoms with Crippen molar-refractivity contribution >= 4 is 6.21 Å². The molecule has 2 saturated carbocycles. The molecule has 0 aromatic carbocycles. The van der Waals surface area contributed by atoms with E-state index in [1.807, 2.05) is 0 Å². The largest absolute Gasteiger partial charge is 0.392 e. The quantitative estimate of drug-likeness (QED) is 0.733. The zero-order valence-electron chi connectivity index (χ0n) is 11.3. The topological polar surface area (TPSA) is 32.6 Å². The third-order valence-corrected chi connectivity index (χ3v) is 4.60. The van der Waals surface area contributed by atoms with Crippen molar-refractivity contribution < 1.29 is 5.11 Å². The van der Waals surface area contributed by atoms with Crippen LogP contribution in [0.2, 0.25) is 0 Å². The second-order valence-corrected chi connectivity index (χ2v) is 6.36. The molecule has 0 spiro atoms. The van der Waals surface area contributed by atoms with Crippen LogP contribution in [-0.4, -0.2) is 23.5 Å². The highest BCUT2D eigenvalue weighted by Gasteiger charge is 2.26.